The Kier molecular flexibility index (Phi) is 8.37. The van der Waals surface area contributed by atoms with E-state index >= 15 is 0 Å². The lowest BCUT2D eigenvalue weighted by Crippen LogP contribution is -2.44. The molecule has 1 unspecified atom stereocenters. The molecule has 46 heavy (non-hydrogen) atoms. The Labute approximate surface area is 272 Å². The van der Waals surface area contributed by atoms with Crippen LogP contribution in [0.3, 0.4) is 0 Å². The number of aromatic nitrogens is 2. The predicted molar refractivity (Wildman–Crippen MR) is 178 cm³/mol. The molecular formula is C37H37FN4O3S. The van der Waals surface area contributed by atoms with Crippen LogP contribution in [0.25, 0.3) is 5.69 Å². The predicted octanol–water partition coefficient (Wildman–Crippen LogP) is 7.76. The second-order valence-electron chi connectivity index (χ2n) is 12.5. The first-order chi connectivity index (χ1) is 22.0. The highest BCUT2D eigenvalue weighted by Crippen LogP contribution is 2.53. The minimum atomic E-state index is -0.834. The number of anilines is 1. The minimum Gasteiger partial charge on any atom is -0.463 e. The average Bonchev–Trinajstić information content (AvgIpc) is 3.33. The van der Waals surface area contributed by atoms with Gasteiger partial charge in [-0.3, -0.25) is 9.69 Å². The number of benzene rings is 3. The Bertz CT molecular complexity index is 1880. The maximum Gasteiger partial charge on any atom is 0.338 e. The minimum absolute atomic E-state index is 0.0733. The molecule has 1 aliphatic carbocycles. The fourth-order valence-electron chi connectivity index (χ4n) is 6.40. The first kappa shape index (κ1) is 31.4. The normalized spacial score (nSPS) is 17.7. The maximum atomic E-state index is 14.4. The number of ketones is 1. The van der Waals surface area contributed by atoms with Crippen molar-refractivity contribution in [3.8, 4) is 5.69 Å². The highest BCUT2D eigenvalue weighted by Gasteiger charge is 2.48. The molecule has 0 saturated carbocycles. The van der Waals surface area contributed by atoms with E-state index in [9.17, 15) is 14.0 Å². The van der Waals surface area contributed by atoms with Crippen LogP contribution < -0.4 is 10.6 Å². The summed E-state index contributed by atoms with van der Waals surface area (Å²) in [5.41, 5.74) is 11.9. The van der Waals surface area contributed by atoms with Crippen molar-refractivity contribution in [2.75, 3.05) is 11.5 Å². The van der Waals surface area contributed by atoms with Crippen LogP contribution in [-0.2, 0) is 14.3 Å². The third kappa shape index (κ3) is 5.75. The van der Waals surface area contributed by atoms with Gasteiger partial charge in [-0.2, -0.15) is 5.10 Å². The molecular weight excluding hydrogens is 599 g/mol. The maximum absolute atomic E-state index is 14.4. The molecule has 7 nitrogen and oxygen atoms in total. The van der Waals surface area contributed by atoms with Gasteiger partial charge in [-0.05, 0) is 81.1 Å². The van der Waals surface area contributed by atoms with Crippen molar-refractivity contribution >= 4 is 29.2 Å². The first-order valence-corrected chi connectivity index (χ1v) is 16.2. The standard InChI is InChI=1S/C37H37FN4O3S/c1-6-45-36(44)33-32(31-28(20-37(4,5)21-29(31)43)41(34(33)39)25-16-14-24(38)15-17-25)30-23(3)40-42(26-10-8-7-9-11-26)35(30)46-27-18-12-22(2)13-19-27/h7-19,32H,6,20-21,39H2,1-5H3. The van der Waals surface area contributed by atoms with Crippen molar-refractivity contribution in [2.24, 2.45) is 11.1 Å². The molecule has 2 heterocycles. The van der Waals surface area contributed by atoms with E-state index in [1.807, 2.05) is 74.8 Å². The number of allylic oxidation sites excluding steroid dienone is 2. The highest BCUT2D eigenvalue weighted by atomic mass is 32.2. The number of hydrogen-bond acceptors (Lipinski definition) is 7. The van der Waals surface area contributed by atoms with Crippen molar-refractivity contribution in [1.29, 1.82) is 0 Å². The highest BCUT2D eigenvalue weighted by molar-refractivity contribution is 7.99. The van der Waals surface area contributed by atoms with Gasteiger partial charge in [0.2, 0.25) is 0 Å². The molecule has 4 aromatic rings. The summed E-state index contributed by atoms with van der Waals surface area (Å²) in [7, 11) is 0. The lowest BCUT2D eigenvalue weighted by Gasteiger charge is -2.44. The van der Waals surface area contributed by atoms with E-state index in [-0.39, 0.29) is 29.2 Å². The monoisotopic (exact) mass is 636 g/mol. The molecule has 0 bridgehead atoms. The molecule has 6 rings (SSSR count). The zero-order valence-corrected chi connectivity index (χ0v) is 27.5. The summed E-state index contributed by atoms with van der Waals surface area (Å²) in [5, 5.41) is 5.77. The van der Waals surface area contributed by atoms with Crippen molar-refractivity contribution < 1.29 is 18.7 Å². The van der Waals surface area contributed by atoms with Crippen LogP contribution in [0.4, 0.5) is 10.1 Å². The third-order valence-electron chi connectivity index (χ3n) is 8.43. The number of rotatable bonds is 7. The number of carbonyl (C=O) groups excluding carboxylic acids is 2. The SMILES string of the molecule is CCOC(=O)C1=C(N)N(c2ccc(F)cc2)C2=C(C(=O)CC(C)(C)C2)C1c1c(C)nn(-c2ccccc2)c1Sc1ccc(C)cc1. The smallest absolute Gasteiger partial charge is 0.338 e. The van der Waals surface area contributed by atoms with Gasteiger partial charge in [-0.15, -0.1) is 0 Å². The van der Waals surface area contributed by atoms with Crippen LogP contribution in [0.1, 0.15) is 56.4 Å². The number of hydrogen-bond donors (Lipinski definition) is 1. The number of nitrogens with two attached hydrogens (primary N) is 1. The number of carbonyl (C=O) groups is 2. The van der Waals surface area contributed by atoms with Crippen LogP contribution in [0, 0.1) is 25.1 Å². The average molecular weight is 637 g/mol. The van der Waals surface area contributed by atoms with Crippen molar-refractivity contribution in [3.63, 3.8) is 0 Å². The number of ether oxygens (including phenoxy) is 1. The lowest BCUT2D eigenvalue weighted by molar-refractivity contribution is -0.138. The second kappa shape index (κ2) is 12.3. The Hall–Kier alpha value is -4.63. The number of Topliss-reactive ketones (excluding diaryl/α,β-unsaturated/α-hetero) is 1. The molecule has 0 amide bonds. The molecule has 0 saturated heterocycles. The zero-order valence-electron chi connectivity index (χ0n) is 26.6. The summed E-state index contributed by atoms with van der Waals surface area (Å²) in [6.07, 6.45) is 0.812. The first-order valence-electron chi connectivity index (χ1n) is 15.4. The van der Waals surface area contributed by atoms with Crippen LogP contribution in [0.5, 0.6) is 0 Å². The van der Waals surface area contributed by atoms with Crippen molar-refractivity contribution in [3.05, 3.63) is 124 Å². The summed E-state index contributed by atoms with van der Waals surface area (Å²) in [5.74, 6) is -1.77. The van der Waals surface area contributed by atoms with Crippen molar-refractivity contribution in [2.45, 2.75) is 63.3 Å². The van der Waals surface area contributed by atoms with Gasteiger partial charge < -0.3 is 10.5 Å². The van der Waals surface area contributed by atoms with E-state index in [0.29, 0.717) is 35.5 Å². The largest absolute Gasteiger partial charge is 0.463 e. The number of aryl methyl sites for hydroxylation is 2. The van der Waals surface area contributed by atoms with E-state index in [0.717, 1.165) is 26.7 Å². The fourth-order valence-corrected chi connectivity index (χ4v) is 7.51. The van der Waals surface area contributed by atoms with Gasteiger partial charge in [0.1, 0.15) is 16.7 Å². The van der Waals surface area contributed by atoms with E-state index in [1.54, 1.807) is 24.0 Å². The summed E-state index contributed by atoms with van der Waals surface area (Å²) in [6.45, 7) is 9.89. The Morgan fingerprint density at radius 3 is 2.33 bits per heavy atom. The Morgan fingerprint density at radius 2 is 1.67 bits per heavy atom. The van der Waals surface area contributed by atoms with E-state index in [2.05, 4.69) is 12.1 Å². The van der Waals surface area contributed by atoms with Crippen LogP contribution >= 0.6 is 11.8 Å². The molecule has 0 radical (unpaired) electrons. The van der Waals surface area contributed by atoms with E-state index in [1.165, 1.54) is 23.9 Å². The molecule has 236 valence electrons. The number of nitrogens with zero attached hydrogens (tertiary/aromatic N) is 3. The van der Waals surface area contributed by atoms with E-state index < -0.39 is 17.7 Å². The number of para-hydroxylation sites is 1. The fraction of sp³-hybridized carbons (Fsp3) is 0.270. The molecule has 9 heteroatoms. The van der Waals surface area contributed by atoms with Crippen LogP contribution in [0.2, 0.25) is 0 Å². The summed E-state index contributed by atoms with van der Waals surface area (Å²) < 4.78 is 21.6. The molecule has 2 N–H and O–H groups in total. The quantitative estimate of drug-likeness (QED) is 0.207. The Balaban J connectivity index is 1.67. The molecule has 1 aliphatic heterocycles. The summed E-state index contributed by atoms with van der Waals surface area (Å²) in [6, 6.07) is 23.9. The molecule has 1 aromatic heterocycles. The van der Waals surface area contributed by atoms with Crippen LogP contribution in [0.15, 0.2) is 111 Å². The topological polar surface area (TPSA) is 90.4 Å². The molecule has 1 atom stereocenters. The van der Waals surface area contributed by atoms with E-state index in [4.69, 9.17) is 15.6 Å². The van der Waals surface area contributed by atoms with Gasteiger partial charge >= 0.3 is 5.97 Å². The summed E-state index contributed by atoms with van der Waals surface area (Å²) >= 11 is 1.52. The molecule has 3 aromatic carbocycles. The third-order valence-corrected chi connectivity index (χ3v) is 9.52. The molecule has 0 fully saturated rings. The zero-order chi connectivity index (χ0) is 32.7. The van der Waals surface area contributed by atoms with Gasteiger partial charge in [-0.1, -0.05) is 61.5 Å². The van der Waals surface area contributed by atoms with Crippen molar-refractivity contribution in [1.82, 2.24) is 9.78 Å². The Morgan fingerprint density at radius 1 is 1.00 bits per heavy atom. The summed E-state index contributed by atoms with van der Waals surface area (Å²) in [4.78, 5) is 31.1. The van der Waals surface area contributed by atoms with Gasteiger partial charge in [0.05, 0.1) is 29.5 Å². The number of esters is 1. The van der Waals surface area contributed by atoms with Gasteiger partial charge in [0, 0.05) is 33.8 Å². The molecule has 2 aliphatic rings. The number of halogens is 1. The van der Waals surface area contributed by atoms with Gasteiger partial charge in [-0.25, -0.2) is 13.9 Å². The second-order valence-corrected chi connectivity index (χ2v) is 13.6. The van der Waals surface area contributed by atoms with Gasteiger partial charge in [0.15, 0.2) is 5.78 Å². The molecule has 0 spiro atoms. The van der Waals surface area contributed by atoms with Crippen LogP contribution in [-0.4, -0.2) is 28.1 Å². The van der Waals surface area contributed by atoms with Gasteiger partial charge in [0.25, 0.3) is 0 Å². The lowest BCUT2D eigenvalue weighted by atomic mass is 9.68.